The van der Waals surface area contributed by atoms with Gasteiger partial charge in [0.05, 0.1) is 0 Å². The molecule has 0 aliphatic heterocycles. The first-order valence-electron chi connectivity index (χ1n) is 3.81. The van der Waals surface area contributed by atoms with Crippen molar-refractivity contribution in [1.29, 1.82) is 0 Å². The predicted molar refractivity (Wildman–Crippen MR) is 61.6 cm³/mol. The van der Waals surface area contributed by atoms with E-state index in [1.54, 1.807) is 0 Å². The minimum atomic E-state index is 0.508. The average Bonchev–Trinajstić information content (AvgIpc) is 2.32. The van der Waals surface area contributed by atoms with Crippen molar-refractivity contribution in [2.45, 2.75) is 20.1 Å². The van der Waals surface area contributed by atoms with E-state index in [0.717, 1.165) is 27.0 Å². The van der Waals surface area contributed by atoms with Crippen molar-refractivity contribution in [2.24, 2.45) is 0 Å². The molecule has 3 nitrogen and oxygen atoms in total. The topological polar surface area (TPSA) is 27.1 Å². The maximum Gasteiger partial charge on any atom is 0.181 e. The predicted octanol–water partition coefficient (Wildman–Crippen LogP) is 3.55. The van der Waals surface area contributed by atoms with Gasteiger partial charge in [0.25, 0.3) is 0 Å². The maximum atomic E-state index is 5.39. The van der Waals surface area contributed by atoms with Crippen LogP contribution in [0.1, 0.15) is 13.3 Å². The fourth-order valence-corrected chi connectivity index (χ4v) is 2.46. The lowest BCUT2D eigenvalue weighted by Crippen LogP contribution is -2.03. The van der Waals surface area contributed by atoms with E-state index in [4.69, 9.17) is 4.74 Å². The monoisotopic (exact) mass is 374 g/mol. The second kappa shape index (κ2) is 5.48. The fraction of sp³-hybridized carbons (Fsp3) is 0.571. The number of hydrogen-bond donors (Lipinski definition) is 0. The van der Waals surface area contributed by atoms with E-state index in [-0.39, 0.29) is 0 Å². The largest absolute Gasteiger partial charge is 0.361 e. The Morgan fingerprint density at radius 2 is 2.08 bits per heavy atom. The van der Waals surface area contributed by atoms with Crippen LogP contribution < -0.4 is 0 Å². The Bertz CT molecular complexity index is 288. The van der Waals surface area contributed by atoms with Gasteiger partial charge >= 0.3 is 0 Å². The van der Waals surface area contributed by atoms with E-state index in [9.17, 15) is 0 Å². The average molecular weight is 377 g/mol. The minimum Gasteiger partial charge on any atom is -0.361 e. The van der Waals surface area contributed by atoms with Crippen molar-refractivity contribution in [3.63, 3.8) is 0 Å². The Hall–Kier alpha value is 0.610. The van der Waals surface area contributed by atoms with Crippen molar-refractivity contribution < 1.29 is 4.74 Å². The van der Waals surface area contributed by atoms with E-state index < -0.39 is 0 Å². The van der Waals surface area contributed by atoms with E-state index in [0.29, 0.717) is 6.73 Å². The van der Waals surface area contributed by atoms with E-state index in [1.807, 2.05) is 4.57 Å². The Balaban J connectivity index is 2.64. The van der Waals surface area contributed by atoms with Gasteiger partial charge < -0.3 is 4.74 Å². The summed E-state index contributed by atoms with van der Waals surface area (Å²) in [5.74, 6) is 0. The first-order valence-corrected chi connectivity index (χ1v) is 6.19. The highest BCUT2D eigenvalue weighted by Gasteiger charge is 2.10. The summed E-state index contributed by atoms with van der Waals surface area (Å²) >= 11 is 10.0. The lowest BCUT2D eigenvalue weighted by molar-refractivity contribution is 0.0746. The maximum absolute atomic E-state index is 5.39. The van der Waals surface area contributed by atoms with Crippen LogP contribution in [0.25, 0.3) is 0 Å². The van der Waals surface area contributed by atoms with Gasteiger partial charge in [0.1, 0.15) is 15.9 Å². The van der Waals surface area contributed by atoms with Gasteiger partial charge in [0, 0.05) is 6.61 Å². The summed E-state index contributed by atoms with van der Waals surface area (Å²) in [4.78, 5) is 4.16. The molecule has 0 spiro atoms. The molecule has 0 atom stereocenters. The first-order chi connectivity index (χ1) is 6.16. The number of hydrogen-bond acceptors (Lipinski definition) is 2. The third-order valence-corrected chi connectivity index (χ3v) is 3.88. The van der Waals surface area contributed by atoms with Crippen LogP contribution in [0.5, 0.6) is 0 Å². The van der Waals surface area contributed by atoms with E-state index in [2.05, 4.69) is 59.7 Å². The molecule has 6 heteroatoms. The van der Waals surface area contributed by atoms with Crippen LogP contribution in [-0.2, 0) is 11.5 Å². The van der Waals surface area contributed by atoms with Gasteiger partial charge in [-0.05, 0) is 54.2 Å². The highest BCUT2D eigenvalue weighted by atomic mass is 79.9. The van der Waals surface area contributed by atoms with Crippen molar-refractivity contribution >= 4 is 47.8 Å². The Labute approximate surface area is 102 Å². The zero-order chi connectivity index (χ0) is 9.84. The third kappa shape index (κ3) is 3.04. The Morgan fingerprint density at radius 1 is 1.38 bits per heavy atom. The molecule has 0 saturated carbocycles. The summed E-state index contributed by atoms with van der Waals surface area (Å²) in [7, 11) is 0. The molecule has 74 valence electrons. The smallest absolute Gasteiger partial charge is 0.181 e. The first kappa shape index (κ1) is 11.7. The molecule has 0 aliphatic rings. The molecule has 0 unspecified atom stereocenters. The summed E-state index contributed by atoms with van der Waals surface area (Å²) in [5.41, 5.74) is 0. The second-order valence-corrected chi connectivity index (χ2v) is 4.64. The van der Waals surface area contributed by atoms with Crippen LogP contribution in [0.4, 0.5) is 0 Å². The standard InChI is InChI=1S/C7H9Br3N2O/c1-2-3-13-4-12-6(9)5(8)11-7(12)10/h2-4H2,1H3. The second-order valence-electron chi connectivity index (χ2n) is 2.43. The van der Waals surface area contributed by atoms with Gasteiger partial charge in [-0.2, -0.15) is 0 Å². The lowest BCUT2D eigenvalue weighted by Gasteiger charge is -2.05. The molecular weight excluding hydrogens is 368 g/mol. The zero-order valence-electron chi connectivity index (χ0n) is 7.06. The summed E-state index contributed by atoms with van der Waals surface area (Å²) < 4.78 is 9.69. The Morgan fingerprint density at radius 3 is 2.54 bits per heavy atom. The van der Waals surface area contributed by atoms with Gasteiger partial charge in [-0.25, -0.2) is 4.98 Å². The Kier molecular flexibility index (Phi) is 4.93. The van der Waals surface area contributed by atoms with Gasteiger partial charge in [-0.15, -0.1) is 0 Å². The summed E-state index contributed by atoms with van der Waals surface area (Å²) in [6, 6.07) is 0. The molecule has 0 N–H and O–H groups in total. The number of halogens is 3. The van der Waals surface area contributed by atoms with Crippen LogP contribution in [-0.4, -0.2) is 16.2 Å². The highest BCUT2D eigenvalue weighted by molar-refractivity contribution is 9.13. The fourth-order valence-electron chi connectivity index (χ4n) is 0.790. The van der Waals surface area contributed by atoms with Crippen LogP contribution >= 0.6 is 47.8 Å². The third-order valence-electron chi connectivity index (χ3n) is 1.39. The molecule has 1 rings (SSSR count). The quantitative estimate of drug-likeness (QED) is 0.751. The van der Waals surface area contributed by atoms with Crippen molar-refractivity contribution in [3.05, 3.63) is 13.9 Å². The molecule has 0 radical (unpaired) electrons. The number of nitrogens with zero attached hydrogens (tertiary/aromatic N) is 2. The zero-order valence-corrected chi connectivity index (χ0v) is 11.8. The highest BCUT2D eigenvalue weighted by Crippen LogP contribution is 2.26. The normalized spacial score (nSPS) is 10.8. The van der Waals surface area contributed by atoms with E-state index >= 15 is 0 Å². The van der Waals surface area contributed by atoms with Crippen LogP contribution in [0.3, 0.4) is 0 Å². The molecule has 13 heavy (non-hydrogen) atoms. The number of aromatic nitrogens is 2. The molecule has 1 aromatic rings. The summed E-state index contributed by atoms with van der Waals surface area (Å²) in [6.45, 7) is 3.34. The number of imidazole rings is 1. The molecular formula is C7H9Br3N2O. The van der Waals surface area contributed by atoms with Crippen LogP contribution in [0, 0.1) is 0 Å². The molecule has 0 aliphatic carbocycles. The van der Waals surface area contributed by atoms with Gasteiger partial charge in [0.2, 0.25) is 0 Å². The summed E-state index contributed by atoms with van der Waals surface area (Å²) in [5, 5.41) is 0. The SMILES string of the molecule is CCCOCn1c(Br)nc(Br)c1Br. The molecule has 1 heterocycles. The molecule has 1 aromatic heterocycles. The molecule has 0 bridgehead atoms. The van der Waals surface area contributed by atoms with Crippen molar-refractivity contribution in [1.82, 2.24) is 9.55 Å². The number of ether oxygens (including phenoxy) is 1. The van der Waals surface area contributed by atoms with Crippen molar-refractivity contribution in [3.8, 4) is 0 Å². The van der Waals surface area contributed by atoms with Gasteiger partial charge in [0.15, 0.2) is 4.73 Å². The molecule has 0 amide bonds. The number of rotatable bonds is 4. The van der Waals surface area contributed by atoms with Crippen LogP contribution in [0.2, 0.25) is 0 Å². The molecule has 0 saturated heterocycles. The van der Waals surface area contributed by atoms with Gasteiger partial charge in [-0.3, -0.25) is 4.57 Å². The van der Waals surface area contributed by atoms with Crippen molar-refractivity contribution in [2.75, 3.05) is 6.61 Å². The summed E-state index contributed by atoms with van der Waals surface area (Å²) in [6.07, 6.45) is 1.02. The lowest BCUT2D eigenvalue weighted by atomic mass is 10.5. The molecule has 0 aromatic carbocycles. The van der Waals surface area contributed by atoms with Gasteiger partial charge in [-0.1, -0.05) is 6.92 Å². The van der Waals surface area contributed by atoms with Crippen LogP contribution in [0.15, 0.2) is 13.9 Å². The minimum absolute atomic E-state index is 0.508. The van der Waals surface area contributed by atoms with E-state index in [1.165, 1.54) is 0 Å². The molecule has 0 fully saturated rings.